The molecule has 0 aliphatic carbocycles. The highest BCUT2D eigenvalue weighted by Crippen LogP contribution is 2.55. The summed E-state index contributed by atoms with van der Waals surface area (Å²) in [4.78, 5) is 0. The number of rotatable bonds is 15. The highest BCUT2D eigenvalue weighted by atomic mass is 31.2. The third-order valence-corrected chi connectivity index (χ3v) is 12.4. The molecule has 0 aliphatic rings. The van der Waals surface area contributed by atoms with E-state index in [4.69, 9.17) is 13.6 Å². The normalized spacial score (nSPS) is 11.4. The lowest BCUT2D eigenvalue weighted by Gasteiger charge is -2.28. The zero-order chi connectivity index (χ0) is 42.0. The molecule has 0 atom stereocenters. The SMILES string of the molecule is O=P(Oc1ccccc1C(c1ccccc1)c1ccccc1)(Oc1ccccc1C(c1ccccc1)c1ccccc1)Oc1ccccc1C(c1ccccc1)c1ccccc1. The second-order valence-corrected chi connectivity index (χ2v) is 16.5. The third-order valence-electron chi connectivity index (χ3n) is 11.1. The second-order valence-electron chi connectivity index (χ2n) is 15.1. The molecular formula is C57H45O4P. The van der Waals surface area contributed by atoms with Gasteiger partial charge in [-0.2, -0.15) is 4.57 Å². The molecule has 5 heteroatoms. The molecule has 0 aromatic heterocycles. The lowest BCUT2D eigenvalue weighted by Crippen LogP contribution is -2.14. The van der Waals surface area contributed by atoms with Crippen LogP contribution in [0.4, 0.5) is 0 Å². The predicted molar refractivity (Wildman–Crippen MR) is 250 cm³/mol. The van der Waals surface area contributed by atoms with Gasteiger partial charge in [-0.05, 0) is 51.6 Å². The fourth-order valence-corrected chi connectivity index (χ4v) is 9.68. The van der Waals surface area contributed by atoms with Gasteiger partial charge >= 0.3 is 7.82 Å². The van der Waals surface area contributed by atoms with Crippen molar-refractivity contribution < 1.29 is 18.1 Å². The van der Waals surface area contributed by atoms with E-state index in [0.717, 1.165) is 50.1 Å². The first-order valence-corrected chi connectivity index (χ1v) is 22.3. The quantitative estimate of drug-likeness (QED) is 0.0763. The number of benzene rings is 9. The molecule has 0 bridgehead atoms. The van der Waals surface area contributed by atoms with Crippen LogP contribution in [0.25, 0.3) is 0 Å². The molecule has 9 aromatic rings. The van der Waals surface area contributed by atoms with Gasteiger partial charge in [0, 0.05) is 34.4 Å². The van der Waals surface area contributed by atoms with E-state index in [0.29, 0.717) is 17.2 Å². The molecule has 4 nitrogen and oxygen atoms in total. The monoisotopic (exact) mass is 824 g/mol. The number of phosphoric ester groups is 1. The van der Waals surface area contributed by atoms with E-state index >= 15 is 4.57 Å². The molecule has 0 radical (unpaired) electrons. The van der Waals surface area contributed by atoms with Crippen molar-refractivity contribution in [2.24, 2.45) is 0 Å². The zero-order valence-corrected chi connectivity index (χ0v) is 35.0. The van der Waals surface area contributed by atoms with Crippen LogP contribution < -0.4 is 13.6 Å². The van der Waals surface area contributed by atoms with E-state index in [-0.39, 0.29) is 17.8 Å². The van der Waals surface area contributed by atoms with Gasteiger partial charge in [-0.15, -0.1) is 0 Å². The second kappa shape index (κ2) is 18.9. The van der Waals surface area contributed by atoms with Gasteiger partial charge in [0.2, 0.25) is 0 Å². The van der Waals surface area contributed by atoms with E-state index in [1.807, 2.05) is 182 Å². The molecule has 0 saturated heterocycles. The molecule has 0 heterocycles. The molecule has 0 fully saturated rings. The molecule has 0 unspecified atom stereocenters. The highest BCUT2D eigenvalue weighted by Gasteiger charge is 2.38. The van der Waals surface area contributed by atoms with E-state index in [1.165, 1.54) is 0 Å². The van der Waals surface area contributed by atoms with Gasteiger partial charge in [-0.25, -0.2) is 0 Å². The Labute approximate surface area is 364 Å². The van der Waals surface area contributed by atoms with Crippen LogP contribution in [0, 0.1) is 0 Å². The minimum absolute atomic E-state index is 0.247. The molecule has 62 heavy (non-hydrogen) atoms. The average molecular weight is 825 g/mol. The summed E-state index contributed by atoms with van der Waals surface area (Å²) in [5.41, 5.74) is 8.81. The van der Waals surface area contributed by atoms with Crippen LogP contribution in [0.15, 0.2) is 255 Å². The van der Waals surface area contributed by atoms with Crippen molar-refractivity contribution in [3.63, 3.8) is 0 Å². The maximum atomic E-state index is 16.2. The smallest absolute Gasteiger partial charge is 0.386 e. The Morgan fingerprint density at radius 3 is 0.629 bits per heavy atom. The minimum Gasteiger partial charge on any atom is -0.386 e. The molecule has 0 amide bonds. The Kier molecular flexibility index (Phi) is 12.2. The van der Waals surface area contributed by atoms with Gasteiger partial charge in [0.15, 0.2) is 0 Å². The Morgan fingerprint density at radius 2 is 0.419 bits per heavy atom. The standard InChI is InChI=1S/C57H45O4P/c58-62(59-52-40-22-19-37-49(52)55(43-25-7-1-8-26-43)44-27-9-2-10-28-44,60-53-41-23-20-38-50(53)56(45-29-11-3-12-30-45)46-31-13-4-14-32-46)61-54-42-24-21-39-51(54)57(47-33-15-5-16-34-47)48-35-17-6-18-36-48/h1-42,55-57H. The summed E-state index contributed by atoms with van der Waals surface area (Å²) in [6, 6.07) is 84.9. The predicted octanol–water partition coefficient (Wildman–Crippen LogP) is 14.9. The van der Waals surface area contributed by atoms with Crippen LogP contribution in [0.5, 0.6) is 17.2 Å². The van der Waals surface area contributed by atoms with E-state index in [2.05, 4.69) is 72.8 Å². The summed E-state index contributed by atoms with van der Waals surface area (Å²) >= 11 is 0. The average Bonchev–Trinajstić information content (AvgIpc) is 3.33. The minimum atomic E-state index is -4.63. The maximum Gasteiger partial charge on any atom is 0.647 e. The van der Waals surface area contributed by atoms with Crippen LogP contribution in [0.1, 0.15) is 67.8 Å². The molecule has 0 spiro atoms. The molecule has 302 valence electrons. The van der Waals surface area contributed by atoms with Crippen LogP contribution in [-0.4, -0.2) is 0 Å². The Hall–Kier alpha value is -7.39. The van der Waals surface area contributed by atoms with Gasteiger partial charge < -0.3 is 13.6 Å². The molecule has 0 saturated carbocycles. The van der Waals surface area contributed by atoms with E-state index < -0.39 is 7.82 Å². The van der Waals surface area contributed by atoms with E-state index in [9.17, 15) is 0 Å². The number of para-hydroxylation sites is 3. The topological polar surface area (TPSA) is 44.8 Å². The summed E-state index contributed by atoms with van der Waals surface area (Å²) < 4.78 is 36.8. The van der Waals surface area contributed by atoms with Crippen molar-refractivity contribution in [2.75, 3.05) is 0 Å². The Balaban J connectivity index is 1.21. The van der Waals surface area contributed by atoms with E-state index in [1.54, 1.807) is 0 Å². The molecule has 0 N–H and O–H groups in total. The summed E-state index contributed by atoms with van der Waals surface area (Å²) in [7, 11) is -4.63. The van der Waals surface area contributed by atoms with Crippen molar-refractivity contribution >= 4 is 7.82 Å². The molecule has 9 rings (SSSR count). The summed E-state index contributed by atoms with van der Waals surface area (Å²) in [5.74, 6) is 0.407. The largest absolute Gasteiger partial charge is 0.647 e. The van der Waals surface area contributed by atoms with Crippen molar-refractivity contribution in [1.29, 1.82) is 0 Å². The van der Waals surface area contributed by atoms with Gasteiger partial charge in [0.25, 0.3) is 0 Å². The maximum absolute atomic E-state index is 16.2. The molecule has 9 aromatic carbocycles. The number of hydrogen-bond donors (Lipinski definition) is 0. The van der Waals surface area contributed by atoms with Gasteiger partial charge in [0.05, 0.1) is 0 Å². The lowest BCUT2D eigenvalue weighted by molar-refractivity contribution is 0.295. The fourth-order valence-electron chi connectivity index (χ4n) is 8.35. The summed E-state index contributed by atoms with van der Waals surface area (Å²) in [6.07, 6.45) is 0. The van der Waals surface area contributed by atoms with Crippen LogP contribution >= 0.6 is 7.82 Å². The number of hydrogen-bond acceptors (Lipinski definition) is 4. The first-order chi connectivity index (χ1) is 30.6. The highest BCUT2D eigenvalue weighted by molar-refractivity contribution is 7.49. The van der Waals surface area contributed by atoms with Crippen LogP contribution in [-0.2, 0) is 4.57 Å². The van der Waals surface area contributed by atoms with Gasteiger partial charge in [-0.3, -0.25) is 0 Å². The first-order valence-electron chi connectivity index (χ1n) is 20.9. The van der Waals surface area contributed by atoms with Gasteiger partial charge in [-0.1, -0.05) is 237 Å². The molecule has 0 aliphatic heterocycles. The Morgan fingerprint density at radius 1 is 0.242 bits per heavy atom. The lowest BCUT2D eigenvalue weighted by atomic mass is 9.85. The Bertz CT molecular complexity index is 2420. The fraction of sp³-hybridized carbons (Fsp3) is 0.0526. The van der Waals surface area contributed by atoms with Crippen LogP contribution in [0.3, 0.4) is 0 Å². The van der Waals surface area contributed by atoms with Crippen molar-refractivity contribution in [3.8, 4) is 17.2 Å². The van der Waals surface area contributed by atoms with Crippen molar-refractivity contribution in [1.82, 2.24) is 0 Å². The third kappa shape index (κ3) is 9.02. The molecular weight excluding hydrogens is 780 g/mol. The van der Waals surface area contributed by atoms with Gasteiger partial charge in [0.1, 0.15) is 17.2 Å². The zero-order valence-electron chi connectivity index (χ0n) is 34.1. The summed E-state index contributed by atoms with van der Waals surface area (Å²) in [5, 5.41) is 0. The van der Waals surface area contributed by atoms with Crippen molar-refractivity contribution in [2.45, 2.75) is 17.8 Å². The first kappa shape index (κ1) is 40.0. The van der Waals surface area contributed by atoms with Crippen LogP contribution in [0.2, 0.25) is 0 Å². The number of phosphoric acid groups is 1. The van der Waals surface area contributed by atoms with Crippen molar-refractivity contribution in [3.05, 3.63) is 305 Å². The summed E-state index contributed by atoms with van der Waals surface area (Å²) in [6.45, 7) is 0.